The monoisotopic (exact) mass is 337 g/mol. The van der Waals surface area contributed by atoms with Crippen LogP contribution in [0.1, 0.15) is 44.3 Å². The number of hydrogen-bond donors (Lipinski definition) is 0. The third-order valence-electron chi connectivity index (χ3n) is 4.47. The van der Waals surface area contributed by atoms with Crippen molar-refractivity contribution in [3.05, 3.63) is 16.1 Å². The zero-order valence-corrected chi connectivity index (χ0v) is 15.2. The van der Waals surface area contributed by atoms with E-state index < -0.39 is 0 Å². The molecule has 0 aliphatic carbocycles. The Hall–Kier alpha value is -0.980. The van der Waals surface area contributed by atoms with Gasteiger partial charge in [0.25, 0.3) is 5.91 Å². The second kappa shape index (κ2) is 6.87. The van der Waals surface area contributed by atoms with Crippen LogP contribution in [-0.4, -0.2) is 59.6 Å². The van der Waals surface area contributed by atoms with Gasteiger partial charge < -0.3 is 9.64 Å². The molecule has 3 heterocycles. The van der Waals surface area contributed by atoms with Crippen molar-refractivity contribution < 1.29 is 9.53 Å². The minimum absolute atomic E-state index is 0.120. The second-order valence-electron chi connectivity index (χ2n) is 7.50. The van der Waals surface area contributed by atoms with Crippen molar-refractivity contribution in [1.82, 2.24) is 14.8 Å². The van der Waals surface area contributed by atoms with E-state index in [4.69, 9.17) is 9.72 Å². The normalized spacial score (nSPS) is 23.4. The summed E-state index contributed by atoms with van der Waals surface area (Å²) in [6, 6.07) is 0. The number of thiazole rings is 1. The van der Waals surface area contributed by atoms with Crippen LogP contribution in [0.4, 0.5) is 0 Å². The summed E-state index contributed by atoms with van der Waals surface area (Å²) in [7, 11) is 0. The summed E-state index contributed by atoms with van der Waals surface area (Å²) in [6.07, 6.45) is 1.71. The summed E-state index contributed by atoms with van der Waals surface area (Å²) in [5.41, 5.74) is 1.27. The van der Waals surface area contributed by atoms with E-state index in [0.717, 1.165) is 57.9 Å². The molecule has 2 aliphatic heterocycles. The van der Waals surface area contributed by atoms with Gasteiger partial charge in [-0.05, 0) is 12.8 Å². The fourth-order valence-corrected chi connectivity index (χ4v) is 3.95. The van der Waals surface area contributed by atoms with Gasteiger partial charge >= 0.3 is 0 Å². The number of carbonyl (C=O) groups is 1. The Morgan fingerprint density at radius 3 is 2.65 bits per heavy atom. The third-order valence-corrected chi connectivity index (χ3v) is 5.78. The van der Waals surface area contributed by atoms with Crippen LogP contribution in [0.2, 0.25) is 0 Å². The van der Waals surface area contributed by atoms with Gasteiger partial charge in [0.15, 0.2) is 0 Å². The second-order valence-corrected chi connectivity index (χ2v) is 8.36. The van der Waals surface area contributed by atoms with E-state index in [1.165, 1.54) is 5.01 Å². The predicted octanol–water partition coefficient (Wildman–Crippen LogP) is 2.26. The maximum atomic E-state index is 12.4. The highest BCUT2D eigenvalue weighted by atomic mass is 32.1. The van der Waals surface area contributed by atoms with E-state index in [-0.39, 0.29) is 17.4 Å². The fraction of sp³-hybridized carbons (Fsp3) is 0.765. The fourth-order valence-electron chi connectivity index (χ4n) is 3.06. The molecule has 5 nitrogen and oxygen atoms in total. The molecule has 3 rings (SSSR count). The number of carbonyl (C=O) groups excluding carboxylic acids is 1. The SMILES string of the molecule is CC(C)(C)c1nc(CN2CCN(C(=O)C3CCCO3)CC2)cs1. The van der Waals surface area contributed by atoms with Crippen LogP contribution in [0, 0.1) is 0 Å². The number of aromatic nitrogens is 1. The Labute approximate surface area is 142 Å². The van der Waals surface area contributed by atoms with E-state index >= 15 is 0 Å². The van der Waals surface area contributed by atoms with Gasteiger partial charge in [-0.2, -0.15) is 0 Å². The van der Waals surface area contributed by atoms with E-state index in [9.17, 15) is 4.79 Å². The minimum Gasteiger partial charge on any atom is -0.368 e. The van der Waals surface area contributed by atoms with E-state index in [0.29, 0.717) is 0 Å². The third kappa shape index (κ3) is 4.11. The summed E-state index contributed by atoms with van der Waals surface area (Å²) >= 11 is 1.75. The van der Waals surface area contributed by atoms with Crippen LogP contribution in [0.25, 0.3) is 0 Å². The molecule has 23 heavy (non-hydrogen) atoms. The number of hydrogen-bond acceptors (Lipinski definition) is 5. The number of ether oxygens (including phenoxy) is 1. The molecule has 1 amide bonds. The molecule has 2 fully saturated rings. The first-order valence-corrected chi connectivity index (χ1v) is 9.39. The zero-order valence-electron chi connectivity index (χ0n) is 14.4. The lowest BCUT2D eigenvalue weighted by Gasteiger charge is -2.35. The first-order valence-electron chi connectivity index (χ1n) is 8.51. The van der Waals surface area contributed by atoms with Crippen molar-refractivity contribution in [1.29, 1.82) is 0 Å². The van der Waals surface area contributed by atoms with E-state index in [1.54, 1.807) is 11.3 Å². The summed E-state index contributed by atoms with van der Waals surface area (Å²) in [4.78, 5) is 21.5. The minimum atomic E-state index is -0.186. The molecule has 0 spiro atoms. The highest BCUT2D eigenvalue weighted by molar-refractivity contribution is 7.09. The van der Waals surface area contributed by atoms with Gasteiger partial charge in [-0.25, -0.2) is 4.98 Å². The Morgan fingerprint density at radius 1 is 1.35 bits per heavy atom. The standard InChI is InChI=1S/C17H27N3O2S/c1-17(2,3)16-18-13(12-23-16)11-19-6-8-20(9-7-19)15(21)14-5-4-10-22-14/h12,14H,4-11H2,1-3H3. The summed E-state index contributed by atoms with van der Waals surface area (Å²) < 4.78 is 5.51. The number of rotatable bonds is 3. The smallest absolute Gasteiger partial charge is 0.251 e. The topological polar surface area (TPSA) is 45.7 Å². The summed E-state index contributed by atoms with van der Waals surface area (Å²) in [5, 5.41) is 3.37. The molecule has 0 radical (unpaired) electrons. The maximum Gasteiger partial charge on any atom is 0.251 e. The molecule has 0 aromatic carbocycles. The molecule has 0 N–H and O–H groups in total. The first-order chi connectivity index (χ1) is 10.9. The predicted molar refractivity (Wildman–Crippen MR) is 91.6 cm³/mol. The van der Waals surface area contributed by atoms with Crippen molar-refractivity contribution in [2.45, 2.75) is 51.7 Å². The van der Waals surface area contributed by atoms with Gasteiger partial charge in [0.1, 0.15) is 6.10 Å². The lowest BCUT2D eigenvalue weighted by atomic mass is 9.98. The Bertz CT molecular complexity index is 538. The van der Waals surface area contributed by atoms with Crippen LogP contribution in [0.3, 0.4) is 0 Å². The van der Waals surface area contributed by atoms with Crippen LogP contribution >= 0.6 is 11.3 Å². The highest BCUT2D eigenvalue weighted by Gasteiger charge is 2.30. The van der Waals surface area contributed by atoms with Gasteiger partial charge in [-0.15, -0.1) is 11.3 Å². The zero-order chi connectivity index (χ0) is 16.4. The largest absolute Gasteiger partial charge is 0.368 e. The summed E-state index contributed by atoms with van der Waals surface area (Å²) in [5.74, 6) is 0.186. The Kier molecular flexibility index (Phi) is 5.04. The lowest BCUT2D eigenvalue weighted by Crippen LogP contribution is -2.51. The van der Waals surface area contributed by atoms with Gasteiger partial charge in [0.2, 0.25) is 0 Å². The molecule has 1 aromatic rings. The molecular formula is C17H27N3O2S. The molecule has 128 valence electrons. The molecule has 1 atom stereocenters. The molecule has 2 saturated heterocycles. The average molecular weight is 337 g/mol. The van der Waals surface area contributed by atoms with Crippen LogP contribution in [-0.2, 0) is 21.5 Å². The van der Waals surface area contributed by atoms with Crippen LogP contribution in [0.15, 0.2) is 5.38 Å². The molecule has 6 heteroatoms. The Balaban J connectivity index is 1.49. The van der Waals surface area contributed by atoms with Crippen LogP contribution < -0.4 is 0 Å². The average Bonchev–Trinajstić information content (AvgIpc) is 3.18. The number of nitrogens with zero attached hydrogens (tertiary/aromatic N) is 3. The molecule has 1 aromatic heterocycles. The van der Waals surface area contributed by atoms with E-state index in [2.05, 4.69) is 31.1 Å². The number of piperazine rings is 1. The van der Waals surface area contributed by atoms with Crippen molar-refractivity contribution in [2.24, 2.45) is 0 Å². The Morgan fingerprint density at radius 2 is 2.09 bits per heavy atom. The van der Waals surface area contributed by atoms with Gasteiger partial charge in [0.05, 0.1) is 10.7 Å². The van der Waals surface area contributed by atoms with Crippen LogP contribution in [0.5, 0.6) is 0 Å². The lowest BCUT2D eigenvalue weighted by molar-refractivity contribution is -0.142. The van der Waals surface area contributed by atoms with Crippen molar-refractivity contribution in [3.63, 3.8) is 0 Å². The van der Waals surface area contributed by atoms with Crippen molar-refractivity contribution >= 4 is 17.2 Å². The van der Waals surface area contributed by atoms with Gasteiger partial charge in [-0.1, -0.05) is 20.8 Å². The summed E-state index contributed by atoms with van der Waals surface area (Å²) in [6.45, 7) is 11.7. The molecule has 0 bridgehead atoms. The first kappa shape index (κ1) is 16.9. The highest BCUT2D eigenvalue weighted by Crippen LogP contribution is 2.26. The van der Waals surface area contributed by atoms with Crippen molar-refractivity contribution in [2.75, 3.05) is 32.8 Å². The molecule has 2 aliphatic rings. The molecule has 0 saturated carbocycles. The quantitative estimate of drug-likeness (QED) is 0.849. The maximum absolute atomic E-state index is 12.4. The van der Waals surface area contributed by atoms with Crippen molar-refractivity contribution in [3.8, 4) is 0 Å². The molecular weight excluding hydrogens is 310 g/mol. The van der Waals surface area contributed by atoms with E-state index in [1.807, 2.05) is 4.90 Å². The van der Waals surface area contributed by atoms with Gasteiger partial charge in [-0.3, -0.25) is 9.69 Å². The van der Waals surface area contributed by atoms with Gasteiger partial charge in [0, 0.05) is 50.1 Å². The molecule has 1 unspecified atom stereocenters. The number of amides is 1.